The molecule has 0 saturated heterocycles. The van der Waals surface area contributed by atoms with E-state index in [2.05, 4.69) is 10.6 Å². The third kappa shape index (κ3) is 6.14. The lowest BCUT2D eigenvalue weighted by Crippen LogP contribution is -2.14. The van der Waals surface area contributed by atoms with Gasteiger partial charge in [-0.15, -0.1) is 0 Å². The Labute approximate surface area is 249 Å². The van der Waals surface area contributed by atoms with Crippen LogP contribution in [0.2, 0.25) is 0 Å². The Morgan fingerprint density at radius 1 is 0.795 bits per heavy atom. The van der Waals surface area contributed by atoms with Crippen LogP contribution in [0.1, 0.15) is 31.8 Å². The monoisotopic (exact) mass is 592 g/mol. The number of nitro benzene ring substituents is 2. The molecule has 0 unspecified atom stereocenters. The van der Waals surface area contributed by atoms with Crippen LogP contribution >= 0.6 is 0 Å². The quantitative estimate of drug-likeness (QED) is 0.0728. The SMILES string of the molecule is Cc1ccc(NC(=O)c2cc([N+](=O)[O-])c(Nc3ccc(OC(=O)c4cc5ccccc5cc4O)cc3)c([N+](=O)[O-])c2)c(C)c1. The van der Waals surface area contributed by atoms with Crippen molar-refractivity contribution in [3.8, 4) is 11.5 Å². The van der Waals surface area contributed by atoms with Gasteiger partial charge in [-0.1, -0.05) is 42.0 Å². The fraction of sp³-hybridized carbons (Fsp3) is 0.0625. The molecule has 1 amide bonds. The highest BCUT2D eigenvalue weighted by Gasteiger charge is 2.29. The first kappa shape index (κ1) is 29.2. The number of amides is 1. The van der Waals surface area contributed by atoms with Gasteiger partial charge in [-0.05, 0) is 72.6 Å². The first-order valence-corrected chi connectivity index (χ1v) is 13.2. The van der Waals surface area contributed by atoms with Gasteiger partial charge < -0.3 is 20.5 Å². The summed E-state index contributed by atoms with van der Waals surface area (Å²) in [5.74, 6) is -1.72. The van der Waals surface area contributed by atoms with Gasteiger partial charge >= 0.3 is 17.3 Å². The van der Waals surface area contributed by atoms with Gasteiger partial charge in [-0.2, -0.15) is 0 Å². The maximum absolute atomic E-state index is 13.0. The number of ether oxygens (including phenoxy) is 1. The average Bonchev–Trinajstić information content (AvgIpc) is 2.98. The molecule has 0 atom stereocenters. The largest absolute Gasteiger partial charge is 0.507 e. The Hall–Kier alpha value is -6.30. The molecule has 0 heterocycles. The highest BCUT2D eigenvalue weighted by Crippen LogP contribution is 2.38. The number of nitrogens with zero attached hydrogens (tertiary/aromatic N) is 2. The number of phenols is 1. The van der Waals surface area contributed by atoms with Crippen molar-refractivity contribution in [3.05, 3.63) is 133 Å². The van der Waals surface area contributed by atoms with Crippen molar-refractivity contribution in [1.82, 2.24) is 0 Å². The molecule has 3 N–H and O–H groups in total. The Kier molecular flexibility index (Phi) is 7.90. The van der Waals surface area contributed by atoms with Crippen LogP contribution in [0.4, 0.5) is 28.4 Å². The summed E-state index contributed by atoms with van der Waals surface area (Å²) in [7, 11) is 0. The minimum absolute atomic E-state index is 0.0428. The van der Waals surface area contributed by atoms with Crippen LogP contribution < -0.4 is 15.4 Å². The minimum Gasteiger partial charge on any atom is -0.507 e. The summed E-state index contributed by atoms with van der Waals surface area (Å²) >= 11 is 0. The first-order valence-electron chi connectivity index (χ1n) is 13.2. The van der Waals surface area contributed by atoms with Gasteiger partial charge in [0.25, 0.3) is 5.91 Å². The van der Waals surface area contributed by atoms with E-state index in [-0.39, 0.29) is 28.3 Å². The topological polar surface area (TPSA) is 174 Å². The number of aromatic hydroxyl groups is 1. The summed E-state index contributed by atoms with van der Waals surface area (Å²) in [6, 6.07) is 22.9. The van der Waals surface area contributed by atoms with E-state index in [1.165, 1.54) is 36.4 Å². The maximum Gasteiger partial charge on any atom is 0.347 e. The molecule has 0 aliphatic rings. The molecule has 0 aromatic heterocycles. The number of nitro groups is 2. The average molecular weight is 593 g/mol. The van der Waals surface area contributed by atoms with Gasteiger partial charge in [-0.25, -0.2) is 4.79 Å². The number of nitrogens with one attached hydrogen (secondary N) is 2. The highest BCUT2D eigenvalue weighted by molar-refractivity contribution is 6.06. The number of benzene rings is 5. The Balaban J connectivity index is 1.38. The zero-order valence-electron chi connectivity index (χ0n) is 23.4. The summed E-state index contributed by atoms with van der Waals surface area (Å²) in [6.45, 7) is 3.66. The fourth-order valence-corrected chi connectivity index (χ4v) is 4.61. The maximum atomic E-state index is 13.0. The van der Waals surface area contributed by atoms with E-state index in [0.29, 0.717) is 5.69 Å². The lowest BCUT2D eigenvalue weighted by molar-refractivity contribution is -0.392. The van der Waals surface area contributed by atoms with Gasteiger partial charge in [-0.3, -0.25) is 25.0 Å². The van der Waals surface area contributed by atoms with E-state index in [0.717, 1.165) is 34.0 Å². The summed E-state index contributed by atoms with van der Waals surface area (Å²) in [5.41, 5.74) is 0.267. The lowest BCUT2D eigenvalue weighted by Gasteiger charge is -2.12. The first-order chi connectivity index (χ1) is 21.0. The van der Waals surface area contributed by atoms with Crippen molar-refractivity contribution in [1.29, 1.82) is 0 Å². The molecule has 0 spiro atoms. The number of aryl methyl sites for hydroxylation is 2. The van der Waals surface area contributed by atoms with Gasteiger partial charge in [0, 0.05) is 23.5 Å². The van der Waals surface area contributed by atoms with Gasteiger partial charge in [0.1, 0.15) is 17.1 Å². The lowest BCUT2D eigenvalue weighted by atomic mass is 10.1. The standard InChI is InChI=1S/C32H24N4O8/c1-18-7-12-26(19(2)13-18)34-31(38)22-15-27(35(40)41)30(28(16-22)36(42)43)33-23-8-10-24(11-9-23)44-32(39)25-14-20-5-3-4-6-21(20)17-29(25)37/h3-17,33,37H,1-2H3,(H,34,38). The number of esters is 1. The summed E-state index contributed by atoms with van der Waals surface area (Å²) in [5, 5.41) is 41.0. The Morgan fingerprint density at radius 2 is 1.41 bits per heavy atom. The van der Waals surface area contributed by atoms with Crippen LogP contribution in [-0.4, -0.2) is 26.8 Å². The number of fused-ring (bicyclic) bond motifs is 1. The molecule has 0 radical (unpaired) electrons. The van der Waals surface area contributed by atoms with Crippen molar-refractivity contribution in [2.75, 3.05) is 10.6 Å². The van der Waals surface area contributed by atoms with Crippen LogP contribution in [0.15, 0.2) is 91.0 Å². The smallest absolute Gasteiger partial charge is 0.347 e. The number of carbonyl (C=O) groups excluding carboxylic acids is 2. The fourth-order valence-electron chi connectivity index (χ4n) is 4.61. The predicted molar refractivity (Wildman–Crippen MR) is 164 cm³/mol. The van der Waals surface area contributed by atoms with E-state index in [4.69, 9.17) is 4.74 Å². The van der Waals surface area contributed by atoms with Crippen molar-refractivity contribution in [2.24, 2.45) is 0 Å². The van der Waals surface area contributed by atoms with Crippen molar-refractivity contribution >= 4 is 51.1 Å². The van der Waals surface area contributed by atoms with Crippen molar-refractivity contribution < 1.29 is 29.3 Å². The second-order valence-corrected chi connectivity index (χ2v) is 9.93. The normalized spacial score (nSPS) is 10.7. The molecule has 0 aliphatic carbocycles. The number of anilines is 3. The second-order valence-electron chi connectivity index (χ2n) is 9.93. The molecular weight excluding hydrogens is 568 g/mol. The molecule has 44 heavy (non-hydrogen) atoms. The molecule has 220 valence electrons. The van der Waals surface area contributed by atoms with E-state index in [1.807, 2.05) is 13.0 Å². The number of rotatable bonds is 8. The van der Waals surface area contributed by atoms with E-state index >= 15 is 0 Å². The van der Waals surface area contributed by atoms with Crippen molar-refractivity contribution in [2.45, 2.75) is 13.8 Å². The third-order valence-electron chi connectivity index (χ3n) is 6.80. The highest BCUT2D eigenvalue weighted by atomic mass is 16.6. The van der Waals surface area contributed by atoms with Crippen molar-refractivity contribution in [3.63, 3.8) is 0 Å². The molecule has 5 aromatic carbocycles. The van der Waals surface area contributed by atoms with Crippen LogP contribution in [0, 0.1) is 34.1 Å². The Morgan fingerprint density at radius 3 is 2.00 bits per heavy atom. The third-order valence-corrected chi connectivity index (χ3v) is 6.80. The van der Waals surface area contributed by atoms with E-state index in [1.54, 1.807) is 43.3 Å². The number of phenolic OH excluding ortho intramolecular Hbond substituents is 1. The number of hydrogen-bond donors (Lipinski definition) is 3. The van der Waals surface area contributed by atoms with Gasteiger partial charge in [0.2, 0.25) is 0 Å². The molecule has 0 fully saturated rings. The van der Waals surface area contributed by atoms with Crippen LogP contribution in [0.5, 0.6) is 11.5 Å². The molecule has 0 saturated carbocycles. The number of carbonyl (C=O) groups is 2. The second kappa shape index (κ2) is 11.9. The molecule has 12 nitrogen and oxygen atoms in total. The van der Waals surface area contributed by atoms with Crippen LogP contribution in [0.3, 0.4) is 0 Å². The molecule has 0 bridgehead atoms. The molecule has 0 aliphatic heterocycles. The Bertz CT molecular complexity index is 1940. The van der Waals surface area contributed by atoms with E-state index in [9.17, 15) is 34.9 Å². The summed E-state index contributed by atoms with van der Waals surface area (Å²) in [6.07, 6.45) is 0. The predicted octanol–water partition coefficient (Wildman–Crippen LogP) is 7.19. The molecule has 12 heteroatoms. The molecular formula is C32H24N4O8. The summed E-state index contributed by atoms with van der Waals surface area (Å²) in [4.78, 5) is 48.0. The molecule has 5 aromatic rings. The van der Waals surface area contributed by atoms with Gasteiger partial charge in [0.05, 0.1) is 15.4 Å². The van der Waals surface area contributed by atoms with E-state index < -0.39 is 38.8 Å². The number of hydrogen-bond acceptors (Lipinski definition) is 9. The zero-order valence-corrected chi connectivity index (χ0v) is 23.4. The van der Waals surface area contributed by atoms with Crippen LogP contribution in [0.25, 0.3) is 10.8 Å². The zero-order chi connectivity index (χ0) is 31.5. The van der Waals surface area contributed by atoms with Gasteiger partial charge in [0.15, 0.2) is 5.69 Å². The van der Waals surface area contributed by atoms with Crippen LogP contribution in [-0.2, 0) is 0 Å². The minimum atomic E-state index is -0.824. The molecule has 5 rings (SSSR count). The summed E-state index contributed by atoms with van der Waals surface area (Å²) < 4.78 is 5.38.